The normalized spacial score (nSPS) is 9.92. The first-order valence-corrected chi connectivity index (χ1v) is 8.70. The Hall–Kier alpha value is -2.76. The van der Waals surface area contributed by atoms with Gasteiger partial charge in [0, 0.05) is 0 Å². The van der Waals surface area contributed by atoms with Gasteiger partial charge in [0.15, 0.2) is 18.1 Å². The fourth-order valence-corrected chi connectivity index (χ4v) is 3.01. The molecule has 1 amide bonds. The third kappa shape index (κ3) is 4.65. The van der Waals surface area contributed by atoms with Crippen molar-refractivity contribution in [2.45, 2.75) is 6.92 Å². The van der Waals surface area contributed by atoms with Gasteiger partial charge in [0.2, 0.25) is 0 Å². The van der Waals surface area contributed by atoms with Crippen LogP contribution in [0, 0.1) is 11.3 Å². The number of halogens is 1. The van der Waals surface area contributed by atoms with Gasteiger partial charge in [0.1, 0.15) is 11.1 Å². The summed E-state index contributed by atoms with van der Waals surface area (Å²) in [5.74, 6) is -0.683. The van der Waals surface area contributed by atoms with Crippen molar-refractivity contribution in [1.29, 1.82) is 5.26 Å². The molecule has 1 aromatic carbocycles. The van der Waals surface area contributed by atoms with Gasteiger partial charge in [-0.15, -0.1) is 11.3 Å². The molecule has 2 aromatic rings. The van der Waals surface area contributed by atoms with Crippen LogP contribution >= 0.6 is 22.9 Å². The number of nitrogens with zero attached hydrogens (tertiary/aromatic N) is 1. The topological polar surface area (TPSA) is 97.6 Å². The Kier molecular flexibility index (Phi) is 6.83. The molecule has 0 saturated carbocycles. The number of nitrogens with one attached hydrogen (secondary N) is 1. The summed E-state index contributed by atoms with van der Waals surface area (Å²) in [6, 6.07) is 6.34. The number of anilines is 1. The van der Waals surface area contributed by atoms with Crippen molar-refractivity contribution in [2.75, 3.05) is 25.6 Å². The van der Waals surface area contributed by atoms with Crippen LogP contribution in [0.3, 0.4) is 0 Å². The lowest BCUT2D eigenvalue weighted by molar-refractivity contribution is -0.119. The van der Waals surface area contributed by atoms with Gasteiger partial charge in [-0.3, -0.25) is 4.79 Å². The van der Waals surface area contributed by atoms with Gasteiger partial charge < -0.3 is 19.5 Å². The molecule has 1 N–H and O–H groups in total. The molecule has 1 heterocycles. The molecule has 0 unspecified atom stereocenters. The maximum atomic E-state index is 12.2. The second kappa shape index (κ2) is 9.08. The number of esters is 1. The highest BCUT2D eigenvalue weighted by Gasteiger charge is 2.18. The Morgan fingerprint density at radius 3 is 2.81 bits per heavy atom. The average Bonchev–Trinajstić information content (AvgIpc) is 3.08. The Labute approximate surface area is 159 Å². The van der Waals surface area contributed by atoms with Gasteiger partial charge in [-0.05, 0) is 30.5 Å². The van der Waals surface area contributed by atoms with Gasteiger partial charge in [-0.25, -0.2) is 4.79 Å². The van der Waals surface area contributed by atoms with E-state index in [1.807, 2.05) is 6.07 Å². The molecular formula is C17H15ClN2O5S. The predicted octanol–water partition coefficient (Wildman–Crippen LogP) is 3.48. The van der Waals surface area contributed by atoms with Crippen LogP contribution in [0.5, 0.6) is 11.5 Å². The SMILES string of the molecule is CCOc1c(Cl)cc(C(=O)OCC(=O)Nc2sccc2C#N)cc1OC. The van der Waals surface area contributed by atoms with Gasteiger partial charge in [0.25, 0.3) is 5.91 Å². The number of methoxy groups -OCH3 is 1. The number of amides is 1. The van der Waals surface area contributed by atoms with E-state index in [4.69, 9.17) is 31.1 Å². The third-order valence-electron chi connectivity index (χ3n) is 3.13. The second-order valence-corrected chi connectivity index (χ2v) is 6.15. The quantitative estimate of drug-likeness (QED) is 0.722. The zero-order valence-corrected chi connectivity index (χ0v) is 15.6. The van der Waals surface area contributed by atoms with Gasteiger partial charge in [-0.2, -0.15) is 5.26 Å². The molecule has 26 heavy (non-hydrogen) atoms. The van der Waals surface area contributed by atoms with Crippen molar-refractivity contribution in [3.05, 3.63) is 39.7 Å². The molecule has 9 heteroatoms. The smallest absolute Gasteiger partial charge is 0.338 e. The van der Waals surface area contributed by atoms with Crippen LogP contribution in [0.4, 0.5) is 5.00 Å². The van der Waals surface area contributed by atoms with Crippen molar-refractivity contribution in [2.24, 2.45) is 0 Å². The molecule has 0 radical (unpaired) electrons. The highest BCUT2D eigenvalue weighted by Crippen LogP contribution is 2.36. The molecule has 0 spiro atoms. The van der Waals surface area contributed by atoms with Crippen LogP contribution in [0.2, 0.25) is 5.02 Å². The first kappa shape index (κ1) is 19.6. The number of carbonyl (C=O) groups is 2. The summed E-state index contributed by atoms with van der Waals surface area (Å²) in [4.78, 5) is 24.0. The largest absolute Gasteiger partial charge is 0.493 e. The summed E-state index contributed by atoms with van der Waals surface area (Å²) in [6.07, 6.45) is 0. The van der Waals surface area contributed by atoms with E-state index in [9.17, 15) is 9.59 Å². The molecule has 0 aliphatic carbocycles. The fourth-order valence-electron chi connectivity index (χ4n) is 1.99. The van der Waals surface area contributed by atoms with Crippen LogP contribution in [-0.2, 0) is 9.53 Å². The Morgan fingerprint density at radius 2 is 2.15 bits per heavy atom. The molecular weight excluding hydrogens is 380 g/mol. The Bertz CT molecular complexity index is 859. The van der Waals surface area contributed by atoms with E-state index in [0.29, 0.717) is 22.9 Å². The highest BCUT2D eigenvalue weighted by molar-refractivity contribution is 7.14. The number of carbonyl (C=O) groups excluding carboxylic acids is 2. The van der Waals surface area contributed by atoms with Crippen LogP contribution in [-0.4, -0.2) is 32.2 Å². The van der Waals surface area contributed by atoms with Crippen molar-refractivity contribution in [3.63, 3.8) is 0 Å². The standard InChI is InChI=1S/C17H15ClN2O5S/c1-3-24-15-12(18)6-11(7-13(15)23-2)17(22)25-9-14(21)20-16-10(8-19)4-5-26-16/h4-7H,3,9H2,1-2H3,(H,20,21). The van der Waals surface area contributed by atoms with E-state index in [-0.39, 0.29) is 16.3 Å². The molecule has 136 valence electrons. The van der Waals surface area contributed by atoms with Crippen molar-refractivity contribution in [1.82, 2.24) is 0 Å². The summed E-state index contributed by atoms with van der Waals surface area (Å²) in [5, 5.41) is 13.7. The maximum Gasteiger partial charge on any atom is 0.338 e. The zero-order chi connectivity index (χ0) is 19.1. The summed E-state index contributed by atoms with van der Waals surface area (Å²) in [6.45, 7) is 1.67. The zero-order valence-electron chi connectivity index (χ0n) is 14.0. The molecule has 0 aliphatic rings. The first-order chi connectivity index (χ1) is 12.5. The van der Waals surface area contributed by atoms with Crippen molar-refractivity contribution in [3.8, 4) is 17.6 Å². The number of benzene rings is 1. The minimum Gasteiger partial charge on any atom is -0.493 e. The van der Waals surface area contributed by atoms with E-state index in [0.717, 1.165) is 0 Å². The minimum atomic E-state index is -0.741. The molecule has 1 aromatic heterocycles. The number of ether oxygens (including phenoxy) is 3. The third-order valence-corrected chi connectivity index (χ3v) is 4.24. The molecule has 0 atom stereocenters. The van der Waals surface area contributed by atoms with E-state index in [1.165, 1.54) is 30.6 Å². The molecule has 7 nitrogen and oxygen atoms in total. The number of thiophene rings is 1. The first-order valence-electron chi connectivity index (χ1n) is 7.45. The average molecular weight is 395 g/mol. The monoisotopic (exact) mass is 394 g/mol. The van der Waals surface area contributed by atoms with E-state index in [1.54, 1.807) is 18.4 Å². The highest BCUT2D eigenvalue weighted by atomic mass is 35.5. The second-order valence-electron chi connectivity index (χ2n) is 4.82. The summed E-state index contributed by atoms with van der Waals surface area (Å²) in [7, 11) is 1.42. The van der Waals surface area contributed by atoms with E-state index >= 15 is 0 Å². The fraction of sp³-hybridized carbons (Fsp3) is 0.235. The van der Waals surface area contributed by atoms with Crippen LogP contribution < -0.4 is 14.8 Å². The van der Waals surface area contributed by atoms with Crippen molar-refractivity contribution >= 4 is 39.8 Å². The molecule has 0 saturated heterocycles. The Balaban J connectivity index is 2.02. The van der Waals surface area contributed by atoms with E-state index < -0.39 is 18.5 Å². The van der Waals surface area contributed by atoms with Gasteiger partial charge >= 0.3 is 5.97 Å². The maximum absolute atomic E-state index is 12.2. The summed E-state index contributed by atoms with van der Waals surface area (Å²) in [5.41, 5.74) is 0.467. The molecule has 0 aliphatic heterocycles. The molecule has 0 fully saturated rings. The number of rotatable bonds is 7. The predicted molar refractivity (Wildman–Crippen MR) is 97.1 cm³/mol. The van der Waals surface area contributed by atoms with Crippen LogP contribution in [0.15, 0.2) is 23.6 Å². The molecule has 2 rings (SSSR count). The minimum absolute atomic E-state index is 0.122. The van der Waals surface area contributed by atoms with E-state index in [2.05, 4.69) is 5.32 Å². The van der Waals surface area contributed by atoms with Gasteiger partial charge in [-0.1, -0.05) is 11.6 Å². The van der Waals surface area contributed by atoms with Crippen LogP contribution in [0.25, 0.3) is 0 Å². The van der Waals surface area contributed by atoms with Gasteiger partial charge in [0.05, 0.1) is 29.9 Å². The lowest BCUT2D eigenvalue weighted by Gasteiger charge is -2.13. The summed E-state index contributed by atoms with van der Waals surface area (Å²) >= 11 is 7.31. The number of hydrogen-bond donors (Lipinski definition) is 1. The number of hydrogen-bond acceptors (Lipinski definition) is 7. The number of nitriles is 1. The summed E-state index contributed by atoms with van der Waals surface area (Å²) < 4.78 is 15.5. The van der Waals surface area contributed by atoms with Crippen LogP contribution in [0.1, 0.15) is 22.8 Å². The Morgan fingerprint density at radius 1 is 1.38 bits per heavy atom. The molecule has 0 bridgehead atoms. The lowest BCUT2D eigenvalue weighted by Crippen LogP contribution is -2.20. The van der Waals surface area contributed by atoms with Crippen molar-refractivity contribution < 1.29 is 23.8 Å². The lowest BCUT2D eigenvalue weighted by atomic mass is 10.2.